The Labute approximate surface area is 184 Å². The van der Waals surface area contributed by atoms with Crippen molar-refractivity contribution in [2.75, 3.05) is 6.61 Å². The Kier molecular flexibility index (Phi) is 8.45. The molecule has 0 aliphatic carbocycles. The highest BCUT2D eigenvalue weighted by molar-refractivity contribution is 14.1. The molecule has 2 aromatic rings. The zero-order chi connectivity index (χ0) is 19.8. The van der Waals surface area contributed by atoms with Crippen molar-refractivity contribution >= 4 is 67.7 Å². The van der Waals surface area contributed by atoms with Crippen molar-refractivity contribution in [3.8, 4) is 5.75 Å². The summed E-state index contributed by atoms with van der Waals surface area (Å²) in [7, 11) is 0. The van der Waals surface area contributed by atoms with E-state index >= 15 is 0 Å². The van der Waals surface area contributed by atoms with Crippen LogP contribution in [0, 0.1) is 3.57 Å². The number of ether oxygens (including phenoxy) is 1. The lowest BCUT2D eigenvalue weighted by molar-refractivity contribution is 0.0934. The van der Waals surface area contributed by atoms with E-state index in [1.165, 1.54) is 0 Å². The quantitative estimate of drug-likeness (QED) is 0.294. The van der Waals surface area contributed by atoms with E-state index in [4.69, 9.17) is 17.0 Å². The predicted molar refractivity (Wildman–Crippen MR) is 120 cm³/mol. The van der Waals surface area contributed by atoms with Crippen LogP contribution in [-0.2, 0) is 0 Å². The minimum absolute atomic E-state index is 0.0123. The molecule has 2 amide bonds. The van der Waals surface area contributed by atoms with Gasteiger partial charge in [0.2, 0.25) is 0 Å². The second kappa shape index (κ2) is 10.6. The Bertz CT molecular complexity index is 863. The first-order valence-corrected chi connectivity index (χ1v) is 10.3. The molecule has 0 heterocycles. The average molecular weight is 562 g/mol. The van der Waals surface area contributed by atoms with Crippen LogP contribution in [0.5, 0.6) is 5.75 Å². The summed E-state index contributed by atoms with van der Waals surface area (Å²) in [6.45, 7) is 2.61. The van der Waals surface area contributed by atoms with E-state index in [0.717, 1.165) is 9.99 Å². The zero-order valence-corrected chi connectivity index (χ0v) is 18.9. The van der Waals surface area contributed by atoms with Crippen molar-refractivity contribution in [1.82, 2.24) is 16.2 Å². The van der Waals surface area contributed by atoms with Crippen molar-refractivity contribution < 1.29 is 14.3 Å². The molecule has 0 fully saturated rings. The minimum Gasteiger partial charge on any atom is -0.492 e. The summed E-state index contributed by atoms with van der Waals surface area (Å²) in [5.74, 6) is -0.0885. The molecule has 2 aromatic carbocycles. The number of hydrazine groups is 1. The van der Waals surface area contributed by atoms with Crippen LogP contribution in [0.25, 0.3) is 0 Å². The molecule has 3 N–H and O–H groups in total. The fourth-order valence-corrected chi connectivity index (χ4v) is 3.27. The molecule has 0 radical (unpaired) electrons. The molecule has 0 bridgehead atoms. The van der Waals surface area contributed by atoms with Gasteiger partial charge in [0, 0.05) is 9.13 Å². The molecule has 27 heavy (non-hydrogen) atoms. The highest BCUT2D eigenvalue weighted by Gasteiger charge is 2.12. The number of carbonyl (C=O) groups is 2. The van der Waals surface area contributed by atoms with Crippen molar-refractivity contribution in [3.63, 3.8) is 0 Å². The molecule has 0 aromatic heterocycles. The van der Waals surface area contributed by atoms with E-state index in [2.05, 4.69) is 54.7 Å². The Hall–Kier alpha value is -1.72. The lowest BCUT2D eigenvalue weighted by Crippen LogP contribution is -2.48. The summed E-state index contributed by atoms with van der Waals surface area (Å²) in [6.07, 6.45) is 0.891. The van der Waals surface area contributed by atoms with Crippen LogP contribution in [0.4, 0.5) is 0 Å². The van der Waals surface area contributed by atoms with E-state index in [0.29, 0.717) is 28.0 Å². The van der Waals surface area contributed by atoms with Crippen molar-refractivity contribution in [2.45, 2.75) is 13.3 Å². The Balaban J connectivity index is 1.90. The largest absolute Gasteiger partial charge is 0.492 e. The summed E-state index contributed by atoms with van der Waals surface area (Å²) in [5, 5.41) is 2.50. The van der Waals surface area contributed by atoms with Gasteiger partial charge in [-0.2, -0.15) is 0 Å². The van der Waals surface area contributed by atoms with Gasteiger partial charge in [-0.1, -0.05) is 19.1 Å². The fourth-order valence-electron chi connectivity index (χ4n) is 2.00. The summed E-state index contributed by atoms with van der Waals surface area (Å²) in [6, 6.07) is 12.1. The first-order chi connectivity index (χ1) is 12.9. The number of halogens is 2. The maximum Gasteiger partial charge on any atom is 0.270 e. The minimum atomic E-state index is -0.404. The van der Waals surface area contributed by atoms with Crippen molar-refractivity contribution in [3.05, 3.63) is 61.6 Å². The molecule has 142 valence electrons. The SMILES string of the molecule is CCCOc1ccc(C(=O)NC(=S)NNC(=O)c2ccccc2I)cc1Br. The molecule has 0 spiro atoms. The van der Waals surface area contributed by atoms with Crippen molar-refractivity contribution in [1.29, 1.82) is 0 Å². The molecule has 0 saturated carbocycles. The van der Waals surface area contributed by atoms with E-state index in [1.54, 1.807) is 30.3 Å². The number of benzene rings is 2. The van der Waals surface area contributed by atoms with Crippen LogP contribution in [0.15, 0.2) is 46.9 Å². The maximum absolute atomic E-state index is 12.3. The third-order valence-corrected chi connectivity index (χ3v) is 5.06. The van der Waals surface area contributed by atoms with Gasteiger partial charge in [0.1, 0.15) is 5.75 Å². The lowest BCUT2D eigenvalue weighted by atomic mass is 10.2. The number of hydrogen-bond donors (Lipinski definition) is 3. The highest BCUT2D eigenvalue weighted by Crippen LogP contribution is 2.26. The molecular weight excluding hydrogens is 545 g/mol. The molecule has 0 saturated heterocycles. The molecule has 9 heteroatoms. The van der Waals surface area contributed by atoms with Gasteiger partial charge in [-0.05, 0) is 87.5 Å². The van der Waals surface area contributed by atoms with Crippen LogP contribution in [-0.4, -0.2) is 23.5 Å². The zero-order valence-electron chi connectivity index (χ0n) is 14.3. The molecular formula is C18H17BrIN3O3S. The summed E-state index contributed by atoms with van der Waals surface area (Å²) in [5.41, 5.74) is 5.89. The third kappa shape index (κ3) is 6.43. The second-order valence-electron chi connectivity index (χ2n) is 5.34. The number of hydrogen-bond acceptors (Lipinski definition) is 4. The van der Waals surface area contributed by atoms with E-state index < -0.39 is 5.91 Å². The Morgan fingerprint density at radius 1 is 1.15 bits per heavy atom. The van der Waals surface area contributed by atoms with Gasteiger partial charge in [-0.3, -0.25) is 25.8 Å². The molecule has 0 aliphatic rings. The van der Waals surface area contributed by atoms with E-state index in [9.17, 15) is 9.59 Å². The van der Waals surface area contributed by atoms with Crippen LogP contribution < -0.4 is 20.9 Å². The third-order valence-electron chi connectivity index (χ3n) is 3.29. The van der Waals surface area contributed by atoms with Gasteiger partial charge in [-0.15, -0.1) is 0 Å². The van der Waals surface area contributed by atoms with Crippen LogP contribution >= 0.6 is 50.7 Å². The lowest BCUT2D eigenvalue weighted by Gasteiger charge is -2.12. The summed E-state index contributed by atoms with van der Waals surface area (Å²) in [4.78, 5) is 24.4. The van der Waals surface area contributed by atoms with Crippen LogP contribution in [0.2, 0.25) is 0 Å². The predicted octanol–water partition coefficient (Wildman–Crippen LogP) is 3.79. The van der Waals surface area contributed by atoms with Gasteiger partial charge in [0.05, 0.1) is 16.6 Å². The smallest absolute Gasteiger partial charge is 0.270 e. The molecule has 6 nitrogen and oxygen atoms in total. The van der Waals surface area contributed by atoms with Crippen LogP contribution in [0.3, 0.4) is 0 Å². The Morgan fingerprint density at radius 3 is 2.56 bits per heavy atom. The number of thiocarbonyl (C=S) groups is 1. The number of carbonyl (C=O) groups excluding carboxylic acids is 2. The molecule has 2 rings (SSSR count). The number of rotatable bonds is 5. The van der Waals surface area contributed by atoms with E-state index in [-0.39, 0.29) is 11.0 Å². The topological polar surface area (TPSA) is 79.5 Å². The maximum atomic E-state index is 12.3. The average Bonchev–Trinajstić information content (AvgIpc) is 2.65. The van der Waals surface area contributed by atoms with Crippen molar-refractivity contribution in [2.24, 2.45) is 0 Å². The van der Waals surface area contributed by atoms with Gasteiger partial charge >= 0.3 is 0 Å². The monoisotopic (exact) mass is 561 g/mol. The fraction of sp³-hybridized carbons (Fsp3) is 0.167. The standard InChI is InChI=1S/C18H17BrIN3O3S/c1-2-9-26-15-8-7-11(10-13(15)19)16(24)21-18(27)23-22-17(25)12-5-3-4-6-14(12)20/h3-8,10H,2,9H2,1H3,(H,22,25)(H2,21,23,24,27). The number of amides is 2. The van der Waals surface area contributed by atoms with Gasteiger partial charge < -0.3 is 4.74 Å². The molecule has 0 atom stereocenters. The highest BCUT2D eigenvalue weighted by atomic mass is 127. The molecule has 0 unspecified atom stereocenters. The summed E-state index contributed by atoms with van der Waals surface area (Å²) >= 11 is 10.5. The summed E-state index contributed by atoms with van der Waals surface area (Å²) < 4.78 is 7.03. The first-order valence-electron chi connectivity index (χ1n) is 8.01. The van der Waals surface area contributed by atoms with Gasteiger partial charge in [0.25, 0.3) is 11.8 Å². The van der Waals surface area contributed by atoms with Gasteiger partial charge in [0.15, 0.2) is 5.11 Å². The van der Waals surface area contributed by atoms with Gasteiger partial charge in [-0.25, -0.2) is 0 Å². The number of nitrogens with one attached hydrogen (secondary N) is 3. The first kappa shape index (κ1) is 21.6. The van der Waals surface area contributed by atoms with E-state index in [1.807, 2.05) is 19.1 Å². The molecule has 0 aliphatic heterocycles. The van der Waals surface area contributed by atoms with Crippen LogP contribution in [0.1, 0.15) is 34.1 Å². The normalized spacial score (nSPS) is 10.0. The second-order valence-corrected chi connectivity index (χ2v) is 7.76. The Morgan fingerprint density at radius 2 is 1.89 bits per heavy atom.